The molecular weight excluding hydrogens is 337 g/mol. The molecule has 0 bridgehead atoms. The maximum absolute atomic E-state index is 13.0. The van der Waals surface area contributed by atoms with Crippen molar-refractivity contribution in [1.29, 1.82) is 0 Å². The second kappa shape index (κ2) is 8.02. The summed E-state index contributed by atoms with van der Waals surface area (Å²) in [5.41, 5.74) is -0.528. The Morgan fingerprint density at radius 3 is 2.44 bits per heavy atom. The molecule has 3 N–H and O–H groups in total. The molecule has 0 saturated heterocycles. The fraction of sp³-hybridized carbons (Fsp3) is 0.375. The number of hydrogen-bond donors (Lipinski definition) is 3. The van der Waals surface area contributed by atoms with Crippen LogP contribution in [0.15, 0.2) is 30.3 Å². The maximum atomic E-state index is 13.0. The molecule has 9 heteroatoms. The Morgan fingerprint density at radius 1 is 1.20 bits per heavy atom. The van der Waals surface area contributed by atoms with Crippen LogP contribution in [0.1, 0.15) is 19.5 Å². The van der Waals surface area contributed by atoms with Crippen molar-refractivity contribution in [1.82, 2.24) is 9.97 Å². The van der Waals surface area contributed by atoms with Gasteiger partial charge in [0.05, 0.1) is 13.2 Å². The lowest BCUT2D eigenvalue weighted by molar-refractivity contribution is -0.141. The topological polar surface area (TPSA) is 79.3 Å². The molecule has 0 aliphatic rings. The predicted molar refractivity (Wildman–Crippen MR) is 88.1 cm³/mol. The highest BCUT2D eigenvalue weighted by atomic mass is 19.4. The second-order valence-electron chi connectivity index (χ2n) is 5.27. The minimum absolute atomic E-state index is 0.0147. The molecule has 0 saturated carbocycles. The van der Waals surface area contributed by atoms with Gasteiger partial charge in [0, 0.05) is 17.8 Å². The number of nitrogens with one attached hydrogen (secondary N) is 2. The number of alkyl halides is 3. The van der Waals surface area contributed by atoms with Crippen LogP contribution in [0, 0.1) is 0 Å². The highest BCUT2D eigenvalue weighted by Gasteiger charge is 2.33. The van der Waals surface area contributed by atoms with Crippen molar-refractivity contribution in [2.24, 2.45) is 0 Å². The number of hydrogen-bond acceptors (Lipinski definition) is 6. The van der Waals surface area contributed by atoms with E-state index in [1.165, 1.54) is 0 Å². The molecule has 0 spiro atoms. The van der Waals surface area contributed by atoms with E-state index in [0.717, 1.165) is 6.07 Å². The number of aliphatic hydroxyl groups excluding tert-OH is 1. The van der Waals surface area contributed by atoms with Crippen LogP contribution in [0.2, 0.25) is 0 Å². The van der Waals surface area contributed by atoms with Crippen LogP contribution in [0.25, 0.3) is 0 Å². The van der Waals surface area contributed by atoms with Gasteiger partial charge in [0.1, 0.15) is 11.6 Å². The Bertz CT molecular complexity index is 693. The van der Waals surface area contributed by atoms with Crippen LogP contribution >= 0.6 is 0 Å². The molecule has 2 rings (SSSR count). The molecule has 136 valence electrons. The van der Waals surface area contributed by atoms with Gasteiger partial charge in [-0.1, -0.05) is 0 Å². The number of rotatable bonds is 7. The lowest BCUT2D eigenvalue weighted by atomic mass is 10.3. The van der Waals surface area contributed by atoms with Gasteiger partial charge in [-0.25, -0.2) is 4.98 Å². The molecule has 1 aromatic carbocycles. The zero-order valence-corrected chi connectivity index (χ0v) is 13.8. The van der Waals surface area contributed by atoms with E-state index >= 15 is 0 Å². The van der Waals surface area contributed by atoms with Crippen LogP contribution in [-0.2, 0) is 6.18 Å². The summed E-state index contributed by atoms with van der Waals surface area (Å²) in [6, 6.07) is 7.08. The van der Waals surface area contributed by atoms with Crippen molar-refractivity contribution in [3.8, 4) is 5.75 Å². The van der Waals surface area contributed by atoms with Gasteiger partial charge in [-0.15, -0.1) is 0 Å². The van der Waals surface area contributed by atoms with Crippen LogP contribution in [0.4, 0.5) is 30.6 Å². The number of ether oxygens (including phenoxy) is 1. The summed E-state index contributed by atoms with van der Waals surface area (Å²) >= 11 is 0. The fourth-order valence-corrected chi connectivity index (χ4v) is 1.94. The van der Waals surface area contributed by atoms with Crippen LogP contribution in [0.5, 0.6) is 5.75 Å². The highest BCUT2D eigenvalue weighted by molar-refractivity contribution is 5.58. The predicted octanol–water partition coefficient (Wildman–Crippen LogP) is 3.43. The number of aliphatic hydroxyl groups is 1. The normalized spacial score (nSPS) is 12.6. The van der Waals surface area contributed by atoms with Crippen molar-refractivity contribution in [2.45, 2.75) is 26.1 Å². The largest absolute Gasteiger partial charge is 0.494 e. The number of halogens is 3. The summed E-state index contributed by atoms with van der Waals surface area (Å²) in [6.07, 6.45) is -4.61. The zero-order valence-electron chi connectivity index (χ0n) is 13.8. The van der Waals surface area contributed by atoms with E-state index in [0.29, 0.717) is 18.0 Å². The molecule has 1 heterocycles. The van der Waals surface area contributed by atoms with E-state index in [1.54, 1.807) is 31.2 Å². The quantitative estimate of drug-likeness (QED) is 0.705. The monoisotopic (exact) mass is 356 g/mol. The van der Waals surface area contributed by atoms with Gasteiger partial charge in [0.15, 0.2) is 5.69 Å². The minimum Gasteiger partial charge on any atom is -0.494 e. The van der Waals surface area contributed by atoms with E-state index in [4.69, 9.17) is 9.84 Å². The average molecular weight is 356 g/mol. The molecule has 25 heavy (non-hydrogen) atoms. The molecule has 1 atom stereocenters. The van der Waals surface area contributed by atoms with Gasteiger partial charge in [-0.2, -0.15) is 18.2 Å². The third-order valence-electron chi connectivity index (χ3n) is 3.10. The SMILES string of the molecule is CCOc1ccc(Nc2cc(C(F)(F)F)nc(N[C@H](C)CO)n2)cc1. The Balaban J connectivity index is 2.27. The van der Waals surface area contributed by atoms with Crippen molar-refractivity contribution in [3.05, 3.63) is 36.0 Å². The van der Waals surface area contributed by atoms with Crippen LogP contribution < -0.4 is 15.4 Å². The van der Waals surface area contributed by atoms with Crippen molar-refractivity contribution in [3.63, 3.8) is 0 Å². The number of nitrogens with zero attached hydrogens (tertiary/aromatic N) is 2. The van der Waals surface area contributed by atoms with Crippen LogP contribution in [0.3, 0.4) is 0 Å². The first-order chi connectivity index (χ1) is 11.8. The maximum Gasteiger partial charge on any atom is 0.433 e. The number of anilines is 3. The van der Waals surface area contributed by atoms with Crippen molar-refractivity contribution < 1.29 is 23.0 Å². The smallest absolute Gasteiger partial charge is 0.433 e. The summed E-state index contributed by atoms with van der Waals surface area (Å²) in [4.78, 5) is 7.47. The average Bonchev–Trinajstić information content (AvgIpc) is 2.56. The van der Waals surface area contributed by atoms with Gasteiger partial charge in [0.25, 0.3) is 0 Å². The summed E-state index contributed by atoms with van der Waals surface area (Å²) < 4.78 is 44.4. The standard InChI is InChI=1S/C16H19F3N4O2/c1-3-25-12-6-4-11(5-7-12)21-14-8-13(16(17,18)19)22-15(23-14)20-10(2)9-24/h4-8,10,24H,3,9H2,1-2H3,(H2,20,21,22,23)/t10-/m1/s1. The molecule has 0 aliphatic carbocycles. The molecular formula is C16H19F3N4O2. The van der Waals surface area contributed by atoms with Gasteiger partial charge in [0.2, 0.25) is 5.95 Å². The number of benzene rings is 1. The molecule has 0 fully saturated rings. The van der Waals surface area contributed by atoms with Gasteiger partial charge >= 0.3 is 6.18 Å². The molecule has 0 radical (unpaired) electrons. The van der Waals surface area contributed by atoms with E-state index in [9.17, 15) is 13.2 Å². The third kappa shape index (κ3) is 5.49. The molecule has 1 aromatic heterocycles. The zero-order chi connectivity index (χ0) is 18.4. The first-order valence-corrected chi connectivity index (χ1v) is 7.65. The van der Waals surface area contributed by atoms with Crippen molar-refractivity contribution in [2.75, 3.05) is 23.8 Å². The summed E-state index contributed by atoms with van der Waals surface area (Å²) in [7, 11) is 0. The Morgan fingerprint density at radius 2 is 1.88 bits per heavy atom. The van der Waals surface area contributed by atoms with Gasteiger partial charge < -0.3 is 20.5 Å². The van der Waals surface area contributed by atoms with E-state index in [1.807, 2.05) is 6.92 Å². The minimum atomic E-state index is -4.61. The summed E-state index contributed by atoms with van der Waals surface area (Å²) in [6.45, 7) is 3.71. The molecule has 6 nitrogen and oxygen atoms in total. The Kier molecular flexibility index (Phi) is 6.02. The highest BCUT2D eigenvalue weighted by Crippen LogP contribution is 2.30. The third-order valence-corrected chi connectivity index (χ3v) is 3.10. The second-order valence-corrected chi connectivity index (χ2v) is 5.27. The van der Waals surface area contributed by atoms with E-state index in [-0.39, 0.29) is 18.4 Å². The molecule has 0 amide bonds. The first-order valence-electron chi connectivity index (χ1n) is 7.65. The Hall–Kier alpha value is -2.55. The molecule has 0 aliphatic heterocycles. The summed E-state index contributed by atoms with van der Waals surface area (Å²) in [5.74, 6) is 0.426. The first kappa shape index (κ1) is 18.8. The fourth-order valence-electron chi connectivity index (χ4n) is 1.94. The molecule has 0 unspecified atom stereocenters. The number of aromatic nitrogens is 2. The van der Waals surface area contributed by atoms with E-state index in [2.05, 4.69) is 20.6 Å². The van der Waals surface area contributed by atoms with Gasteiger partial charge in [-0.05, 0) is 38.1 Å². The molecule has 2 aromatic rings. The lowest BCUT2D eigenvalue weighted by Gasteiger charge is -2.15. The Labute approximate surface area is 143 Å². The lowest BCUT2D eigenvalue weighted by Crippen LogP contribution is -2.22. The van der Waals surface area contributed by atoms with Gasteiger partial charge in [-0.3, -0.25) is 0 Å². The van der Waals surface area contributed by atoms with E-state index < -0.39 is 17.9 Å². The van der Waals surface area contributed by atoms with Crippen LogP contribution in [-0.4, -0.2) is 34.3 Å². The summed E-state index contributed by atoms with van der Waals surface area (Å²) in [5, 5.41) is 14.5. The van der Waals surface area contributed by atoms with Crippen molar-refractivity contribution >= 4 is 17.5 Å².